The number of halogens is 2. The fourth-order valence-corrected chi connectivity index (χ4v) is 7.19. The van der Waals surface area contributed by atoms with Crippen molar-refractivity contribution in [3.05, 3.63) is 72.1 Å². The van der Waals surface area contributed by atoms with Gasteiger partial charge in [0, 0.05) is 94.9 Å². The van der Waals surface area contributed by atoms with Gasteiger partial charge in [-0.3, -0.25) is 14.6 Å². The number of carbonyl (C=O) groups is 1. The number of amides is 1. The maximum Gasteiger partial charge on any atom is 0.247 e. The van der Waals surface area contributed by atoms with E-state index in [0.717, 1.165) is 96.0 Å². The number of anilines is 2. The van der Waals surface area contributed by atoms with Crippen LogP contribution in [0.25, 0.3) is 0 Å². The van der Waals surface area contributed by atoms with E-state index in [2.05, 4.69) is 42.3 Å². The van der Waals surface area contributed by atoms with Gasteiger partial charge in [0.1, 0.15) is 34.7 Å². The molecule has 3 aliphatic rings. The zero-order valence-corrected chi connectivity index (χ0v) is 29.3. The molecular formula is C36H51F2N9O4. The summed E-state index contributed by atoms with van der Waals surface area (Å²) in [5.41, 5.74) is 10.6. The van der Waals surface area contributed by atoms with Crippen molar-refractivity contribution in [3.8, 4) is 5.75 Å². The van der Waals surface area contributed by atoms with Crippen LogP contribution in [0.5, 0.6) is 5.75 Å². The number of aliphatic imine (C=N–C) groups is 1. The molecule has 0 bridgehead atoms. The van der Waals surface area contributed by atoms with Gasteiger partial charge in [-0.25, -0.2) is 19.6 Å². The highest BCUT2D eigenvalue weighted by atomic mass is 19.1. The van der Waals surface area contributed by atoms with Gasteiger partial charge in [-0.1, -0.05) is 12.6 Å². The van der Waals surface area contributed by atoms with Gasteiger partial charge < -0.3 is 41.3 Å². The van der Waals surface area contributed by atoms with Crippen LogP contribution in [0.4, 0.5) is 25.8 Å². The van der Waals surface area contributed by atoms with E-state index in [1.807, 2.05) is 6.07 Å². The summed E-state index contributed by atoms with van der Waals surface area (Å²) in [6.07, 6.45) is 6.93. The summed E-state index contributed by atoms with van der Waals surface area (Å²) in [7, 11) is 1.53. The van der Waals surface area contributed by atoms with Gasteiger partial charge in [0.25, 0.3) is 0 Å². The number of piperidine rings is 1. The van der Waals surface area contributed by atoms with Crippen molar-refractivity contribution in [2.75, 3.05) is 76.4 Å². The van der Waals surface area contributed by atoms with Crippen molar-refractivity contribution in [1.29, 1.82) is 0 Å². The normalized spacial score (nSPS) is 19.4. The maximum atomic E-state index is 14.6. The molecule has 0 aromatic heterocycles. The Labute approximate surface area is 298 Å². The Morgan fingerprint density at radius 1 is 1.08 bits per heavy atom. The lowest BCUT2D eigenvalue weighted by Crippen LogP contribution is -2.55. The lowest BCUT2D eigenvalue weighted by Gasteiger charge is -2.45. The number of piperazine rings is 1. The largest absolute Gasteiger partial charge is 0.494 e. The van der Waals surface area contributed by atoms with Crippen LogP contribution in [0.3, 0.4) is 0 Å². The van der Waals surface area contributed by atoms with Crippen molar-refractivity contribution in [1.82, 2.24) is 20.5 Å². The van der Waals surface area contributed by atoms with E-state index >= 15 is 0 Å². The molecule has 0 unspecified atom stereocenters. The van der Waals surface area contributed by atoms with Gasteiger partial charge in [-0.05, 0) is 50.3 Å². The number of nitrogens with two attached hydrogens (primary N) is 2. The van der Waals surface area contributed by atoms with Crippen LogP contribution >= 0.6 is 0 Å². The van der Waals surface area contributed by atoms with Crippen molar-refractivity contribution < 1.29 is 28.2 Å². The third kappa shape index (κ3) is 9.95. The zero-order valence-electron chi connectivity index (χ0n) is 29.3. The van der Waals surface area contributed by atoms with Crippen molar-refractivity contribution in [2.24, 2.45) is 16.6 Å². The first-order valence-electron chi connectivity index (χ1n) is 17.5. The van der Waals surface area contributed by atoms with Gasteiger partial charge in [0.2, 0.25) is 5.91 Å². The Morgan fingerprint density at radius 2 is 1.75 bits per heavy atom. The summed E-state index contributed by atoms with van der Waals surface area (Å²) < 4.78 is 39.4. The molecule has 2 aromatic carbocycles. The lowest BCUT2D eigenvalue weighted by atomic mass is 10.00. The average molecular weight is 712 g/mol. The first-order valence-corrected chi connectivity index (χ1v) is 17.5. The molecule has 1 amide bonds. The van der Waals surface area contributed by atoms with Crippen LogP contribution in [-0.4, -0.2) is 105 Å². The number of ether oxygens (including phenoxy) is 2. The second-order valence-electron chi connectivity index (χ2n) is 13.0. The highest BCUT2D eigenvalue weighted by molar-refractivity contribution is 6.02. The summed E-state index contributed by atoms with van der Waals surface area (Å²) in [6, 6.07) is 7.12. The maximum absolute atomic E-state index is 14.6. The molecule has 3 aliphatic heterocycles. The number of aliphatic hydroxyl groups is 1. The topological polar surface area (TPSA) is 166 Å². The predicted molar refractivity (Wildman–Crippen MR) is 195 cm³/mol. The van der Waals surface area contributed by atoms with Gasteiger partial charge in [0.15, 0.2) is 0 Å². The Kier molecular flexibility index (Phi) is 13.6. The molecule has 15 heteroatoms. The quantitative estimate of drug-likeness (QED) is 0.0561. The lowest BCUT2D eigenvalue weighted by molar-refractivity contribution is -0.111. The number of nitrogens with zero attached hydrogens (tertiary/aromatic N) is 4. The number of hydrogen-bond donors (Lipinski definition) is 6. The molecule has 0 spiro atoms. The Balaban J connectivity index is 1.30. The van der Waals surface area contributed by atoms with E-state index in [1.54, 1.807) is 6.07 Å². The number of methoxy groups -OCH3 is 1. The number of carbonyl (C=O) groups excluding carboxylic acids is 1. The van der Waals surface area contributed by atoms with Crippen molar-refractivity contribution in [3.63, 3.8) is 0 Å². The molecule has 2 aromatic rings. The summed E-state index contributed by atoms with van der Waals surface area (Å²) >= 11 is 0. The highest BCUT2D eigenvalue weighted by Gasteiger charge is 2.31. The molecule has 3 heterocycles. The standard InChI is InChI=1S/C36H51F2N9O4/c1-3-36(49)43-30-21-31(41-34(39)23-35(44-40)42-29(8-17-48)27-5-4-24(37)20-28(27)38)33(50-2)22-32(30)47-11-6-25(7-12-47)45-13-15-46(16-14-45)26-9-18-51-19-10-26/h3-5,20-23,25-26,29,42,44,48H,1,6-19,40H2,2H3,(H2,39,41)(H,43,49)/b35-23-/t29-/m1/s1. The third-order valence-electron chi connectivity index (χ3n) is 9.90. The minimum atomic E-state index is -0.772. The molecule has 0 aliphatic carbocycles. The molecule has 3 fully saturated rings. The highest BCUT2D eigenvalue weighted by Crippen LogP contribution is 2.40. The number of benzene rings is 2. The number of hydrogen-bond acceptors (Lipinski definition) is 11. The van der Waals surface area contributed by atoms with Gasteiger partial charge in [-0.15, -0.1) is 0 Å². The second kappa shape index (κ2) is 18.3. The molecule has 13 nitrogen and oxygen atoms in total. The summed E-state index contributed by atoms with van der Waals surface area (Å²) in [4.78, 5) is 24.6. The smallest absolute Gasteiger partial charge is 0.247 e. The van der Waals surface area contributed by atoms with E-state index in [4.69, 9.17) is 21.1 Å². The fraction of sp³-hybridized carbons (Fsp3) is 0.500. The van der Waals surface area contributed by atoms with Crippen molar-refractivity contribution >= 4 is 28.8 Å². The molecule has 0 radical (unpaired) electrons. The Morgan fingerprint density at radius 3 is 2.33 bits per heavy atom. The first-order chi connectivity index (χ1) is 24.7. The summed E-state index contributed by atoms with van der Waals surface area (Å²) in [5.74, 6) is 4.49. The van der Waals surface area contributed by atoms with Gasteiger partial charge in [0.05, 0.1) is 24.5 Å². The van der Waals surface area contributed by atoms with E-state index < -0.39 is 17.7 Å². The second-order valence-corrected chi connectivity index (χ2v) is 13.0. The van der Waals surface area contributed by atoms with E-state index in [9.17, 15) is 18.7 Å². The molecule has 5 rings (SSSR count). The fourth-order valence-electron chi connectivity index (χ4n) is 7.19. The molecule has 8 N–H and O–H groups in total. The SMILES string of the molecule is C=CC(=O)Nc1cc(N=C(N)/C=C(\NN)N[C@H](CCO)c2ccc(F)cc2F)c(OC)cc1N1CCC(N2CCN(C3CCOCC3)CC2)CC1. The van der Waals surface area contributed by atoms with Crippen molar-refractivity contribution in [2.45, 2.75) is 50.2 Å². The molecule has 278 valence electrons. The first kappa shape index (κ1) is 38.0. The molecule has 3 saturated heterocycles. The monoisotopic (exact) mass is 711 g/mol. The van der Waals surface area contributed by atoms with E-state index in [1.165, 1.54) is 25.3 Å². The average Bonchev–Trinajstić information content (AvgIpc) is 3.15. The van der Waals surface area contributed by atoms with Gasteiger partial charge in [-0.2, -0.15) is 0 Å². The van der Waals surface area contributed by atoms with E-state index in [0.29, 0.717) is 29.2 Å². The Hall–Kier alpha value is -4.28. The Bertz CT molecular complexity index is 1550. The number of hydrazine groups is 1. The third-order valence-corrected chi connectivity index (χ3v) is 9.90. The number of amidine groups is 1. The van der Waals surface area contributed by atoms with Crippen LogP contribution in [-0.2, 0) is 9.53 Å². The molecular weight excluding hydrogens is 660 g/mol. The minimum absolute atomic E-state index is 0.00237. The van der Waals surface area contributed by atoms with Crippen LogP contribution in [0, 0.1) is 11.6 Å². The number of aliphatic hydroxyl groups excluding tert-OH is 1. The number of nitrogens with one attached hydrogen (secondary N) is 3. The van der Waals surface area contributed by atoms with Crippen LogP contribution in [0.2, 0.25) is 0 Å². The van der Waals surface area contributed by atoms with Crippen LogP contribution in [0.15, 0.2) is 59.9 Å². The summed E-state index contributed by atoms with van der Waals surface area (Å²) in [5, 5.41) is 15.5. The van der Waals surface area contributed by atoms with Crippen LogP contribution < -0.4 is 37.3 Å². The summed E-state index contributed by atoms with van der Waals surface area (Å²) in [6.45, 7) is 11.0. The zero-order chi connectivity index (χ0) is 36.3. The molecule has 1 atom stereocenters. The van der Waals surface area contributed by atoms with Crippen LogP contribution in [0.1, 0.15) is 43.7 Å². The molecule has 0 saturated carbocycles. The predicted octanol–water partition coefficient (Wildman–Crippen LogP) is 2.87. The number of rotatable bonds is 14. The van der Waals surface area contributed by atoms with Gasteiger partial charge >= 0.3 is 0 Å². The minimum Gasteiger partial charge on any atom is -0.494 e. The molecule has 51 heavy (non-hydrogen) atoms. The van der Waals surface area contributed by atoms with E-state index in [-0.39, 0.29) is 36.2 Å².